The number of amides is 2. The Morgan fingerprint density at radius 3 is 2.47 bits per heavy atom. The molecule has 0 bridgehead atoms. The van der Waals surface area contributed by atoms with Gasteiger partial charge >= 0.3 is 0 Å². The lowest BCUT2D eigenvalue weighted by Gasteiger charge is -2.33. The Labute approximate surface area is 215 Å². The highest BCUT2D eigenvalue weighted by Crippen LogP contribution is 2.29. The number of hydrogen-bond acceptors (Lipinski definition) is 4. The number of carbonyl (C=O) groups excluding carboxylic acids is 2. The number of carbonyl (C=O) groups is 2. The van der Waals surface area contributed by atoms with Crippen LogP contribution in [0.25, 0.3) is 0 Å². The molecule has 1 aliphatic carbocycles. The van der Waals surface area contributed by atoms with Gasteiger partial charge in [-0.3, -0.25) is 9.59 Å². The smallest absolute Gasteiger partial charge is 0.247 e. The number of alkyl halides is 1. The van der Waals surface area contributed by atoms with Crippen molar-refractivity contribution in [1.29, 1.82) is 0 Å². The number of rotatable bonds is 10. The number of nitrogens with zero attached hydrogens (tertiary/aromatic N) is 1. The van der Waals surface area contributed by atoms with Gasteiger partial charge in [0.15, 0.2) is 11.5 Å². The van der Waals surface area contributed by atoms with E-state index in [2.05, 4.69) is 21.2 Å². The van der Waals surface area contributed by atoms with Gasteiger partial charge in [-0.05, 0) is 54.7 Å². The molecule has 0 saturated heterocycles. The first kappa shape index (κ1) is 26.4. The predicted molar refractivity (Wildman–Crippen MR) is 138 cm³/mol. The van der Waals surface area contributed by atoms with Crippen LogP contribution in [0.5, 0.6) is 11.5 Å². The fraction of sp³-hybridized carbons (Fsp3) is 0.462. The van der Waals surface area contributed by atoms with Crippen LogP contribution in [-0.4, -0.2) is 49.4 Å². The zero-order valence-corrected chi connectivity index (χ0v) is 22.0. The number of hydrogen-bond donors (Lipinski definition) is 1. The van der Waals surface area contributed by atoms with Crippen LogP contribution in [0.3, 0.4) is 0 Å². The molecule has 0 heterocycles. The van der Waals surface area contributed by atoms with Crippen LogP contribution in [0.4, 0.5) is 0 Å². The Morgan fingerprint density at radius 2 is 1.82 bits per heavy atom. The Hall–Kier alpha value is -2.25. The molecular weight excluding hydrogens is 520 g/mol. The van der Waals surface area contributed by atoms with Crippen molar-refractivity contribution in [2.45, 2.75) is 50.6 Å². The van der Waals surface area contributed by atoms with Crippen molar-refractivity contribution >= 4 is 39.3 Å². The van der Waals surface area contributed by atoms with Gasteiger partial charge in [0.1, 0.15) is 11.9 Å². The maximum absolute atomic E-state index is 13.6. The fourth-order valence-corrected chi connectivity index (χ4v) is 5.01. The first-order valence-electron chi connectivity index (χ1n) is 11.6. The van der Waals surface area contributed by atoms with Crippen LogP contribution in [0.1, 0.15) is 49.3 Å². The zero-order valence-electron chi connectivity index (χ0n) is 19.7. The normalized spacial score (nSPS) is 14.8. The molecular formula is C26H32BrClN2O4. The van der Waals surface area contributed by atoms with E-state index in [-0.39, 0.29) is 23.7 Å². The molecule has 8 heteroatoms. The number of benzene rings is 2. The van der Waals surface area contributed by atoms with E-state index < -0.39 is 6.04 Å². The van der Waals surface area contributed by atoms with Crippen molar-refractivity contribution < 1.29 is 19.1 Å². The van der Waals surface area contributed by atoms with Crippen LogP contribution in [-0.2, 0) is 16.0 Å². The van der Waals surface area contributed by atoms with E-state index in [1.807, 2.05) is 42.5 Å². The summed E-state index contributed by atoms with van der Waals surface area (Å²) in [6.07, 6.45) is 5.87. The summed E-state index contributed by atoms with van der Waals surface area (Å²) >= 11 is 9.51. The lowest BCUT2D eigenvalue weighted by Crippen LogP contribution is -2.48. The molecule has 0 aromatic heterocycles. The van der Waals surface area contributed by atoms with Gasteiger partial charge in [-0.2, -0.15) is 0 Å². The lowest BCUT2D eigenvalue weighted by molar-refractivity contribution is -0.139. The first-order chi connectivity index (χ1) is 16.5. The number of ether oxygens (including phenoxy) is 2. The lowest BCUT2D eigenvalue weighted by atomic mass is 9.94. The van der Waals surface area contributed by atoms with E-state index in [9.17, 15) is 9.59 Å². The highest BCUT2D eigenvalue weighted by Gasteiger charge is 2.32. The van der Waals surface area contributed by atoms with Gasteiger partial charge < -0.3 is 19.7 Å². The Balaban J connectivity index is 1.88. The van der Waals surface area contributed by atoms with E-state index in [1.54, 1.807) is 19.1 Å². The minimum absolute atomic E-state index is 0.134. The van der Waals surface area contributed by atoms with Crippen molar-refractivity contribution in [1.82, 2.24) is 10.2 Å². The van der Waals surface area contributed by atoms with Crippen molar-refractivity contribution in [2.75, 3.05) is 26.6 Å². The van der Waals surface area contributed by atoms with Gasteiger partial charge in [0, 0.05) is 17.1 Å². The number of methoxy groups -OCH3 is 2. The van der Waals surface area contributed by atoms with E-state index in [0.717, 1.165) is 41.3 Å². The van der Waals surface area contributed by atoms with E-state index in [1.165, 1.54) is 6.42 Å². The second-order valence-electron chi connectivity index (χ2n) is 8.46. The number of halogens is 2. The van der Waals surface area contributed by atoms with Crippen LogP contribution >= 0.6 is 27.5 Å². The van der Waals surface area contributed by atoms with Gasteiger partial charge in [0.25, 0.3) is 0 Å². The quantitative estimate of drug-likeness (QED) is 0.409. The van der Waals surface area contributed by atoms with E-state index in [4.69, 9.17) is 21.1 Å². The van der Waals surface area contributed by atoms with Gasteiger partial charge in [0.05, 0.1) is 14.2 Å². The molecule has 1 fully saturated rings. The molecule has 3 rings (SSSR count). The van der Waals surface area contributed by atoms with Crippen LogP contribution in [0.2, 0.25) is 0 Å². The topological polar surface area (TPSA) is 67.9 Å². The first-order valence-corrected chi connectivity index (χ1v) is 12.9. The summed E-state index contributed by atoms with van der Waals surface area (Å²) in [5, 5.41) is 3.20. The third-order valence-corrected chi connectivity index (χ3v) is 6.92. The summed E-state index contributed by atoms with van der Waals surface area (Å²) in [7, 11) is 3.18. The molecule has 0 unspecified atom stereocenters. The predicted octanol–water partition coefficient (Wildman–Crippen LogP) is 5.27. The molecule has 2 aromatic carbocycles. The summed E-state index contributed by atoms with van der Waals surface area (Å²) in [6, 6.07) is 12.6. The molecule has 6 nitrogen and oxygen atoms in total. The van der Waals surface area contributed by atoms with Crippen LogP contribution in [0, 0.1) is 0 Å². The van der Waals surface area contributed by atoms with Gasteiger partial charge in [0.2, 0.25) is 11.8 Å². The summed E-state index contributed by atoms with van der Waals surface area (Å²) in [5.74, 6) is 0.599. The van der Waals surface area contributed by atoms with Crippen molar-refractivity contribution in [3.05, 3.63) is 58.1 Å². The minimum Gasteiger partial charge on any atom is -0.493 e. The Morgan fingerprint density at radius 1 is 1.09 bits per heavy atom. The van der Waals surface area contributed by atoms with Gasteiger partial charge in [-0.15, -0.1) is 11.6 Å². The van der Waals surface area contributed by atoms with E-state index in [0.29, 0.717) is 24.5 Å². The standard InChI is InChI=1S/C26H32BrClN2O4/c1-33-22-12-11-18(15-23(22)34-2)13-14-30(24(31)17-28)25(19-7-6-8-20(27)16-19)26(32)29-21-9-4-3-5-10-21/h6-8,11-12,15-16,21,25H,3-5,9-10,13-14,17H2,1-2H3,(H,29,32)/t25-/m0/s1. The van der Waals surface area contributed by atoms with Crippen molar-refractivity contribution in [3.8, 4) is 11.5 Å². The van der Waals surface area contributed by atoms with Crippen molar-refractivity contribution in [3.63, 3.8) is 0 Å². The molecule has 1 saturated carbocycles. The summed E-state index contributed by atoms with van der Waals surface area (Å²) < 4.78 is 11.6. The fourth-order valence-electron chi connectivity index (χ4n) is 4.44. The maximum atomic E-state index is 13.6. The molecule has 1 aliphatic rings. The summed E-state index contributed by atoms with van der Waals surface area (Å²) in [6.45, 7) is 0.330. The zero-order chi connectivity index (χ0) is 24.5. The van der Waals surface area contributed by atoms with Crippen LogP contribution in [0.15, 0.2) is 46.9 Å². The molecule has 0 spiro atoms. The third-order valence-electron chi connectivity index (χ3n) is 6.20. The molecule has 0 radical (unpaired) electrons. The molecule has 0 aliphatic heterocycles. The van der Waals surface area contributed by atoms with Gasteiger partial charge in [-0.25, -0.2) is 0 Å². The summed E-state index contributed by atoms with van der Waals surface area (Å²) in [4.78, 5) is 28.2. The SMILES string of the molecule is COc1ccc(CCN(C(=O)CCl)[C@H](C(=O)NC2CCCCC2)c2cccc(Br)c2)cc1OC. The minimum atomic E-state index is -0.772. The largest absolute Gasteiger partial charge is 0.493 e. The molecule has 2 amide bonds. The average Bonchev–Trinajstić information content (AvgIpc) is 2.86. The highest BCUT2D eigenvalue weighted by molar-refractivity contribution is 9.10. The molecule has 1 atom stereocenters. The second kappa shape index (κ2) is 13.0. The van der Waals surface area contributed by atoms with Crippen molar-refractivity contribution in [2.24, 2.45) is 0 Å². The summed E-state index contributed by atoms with van der Waals surface area (Å²) in [5.41, 5.74) is 1.71. The monoisotopic (exact) mass is 550 g/mol. The molecule has 2 aromatic rings. The molecule has 1 N–H and O–H groups in total. The van der Waals surface area contributed by atoms with E-state index >= 15 is 0 Å². The third kappa shape index (κ3) is 6.89. The maximum Gasteiger partial charge on any atom is 0.247 e. The highest BCUT2D eigenvalue weighted by atomic mass is 79.9. The second-order valence-corrected chi connectivity index (χ2v) is 9.64. The van der Waals surface area contributed by atoms with Gasteiger partial charge in [-0.1, -0.05) is 53.4 Å². The molecule has 184 valence electrons. The van der Waals surface area contributed by atoms with Crippen LogP contribution < -0.4 is 14.8 Å². The number of nitrogens with one attached hydrogen (secondary N) is 1. The Bertz CT molecular complexity index is 981. The molecule has 34 heavy (non-hydrogen) atoms. The Kier molecular flexibility index (Phi) is 10.1. The average molecular weight is 552 g/mol.